The van der Waals surface area contributed by atoms with Gasteiger partial charge in [-0.3, -0.25) is 0 Å². The van der Waals surface area contributed by atoms with Gasteiger partial charge in [-0.1, -0.05) is 20.8 Å². The fraction of sp³-hybridized carbons (Fsp3) is 1.00. The molecule has 2 nitrogen and oxygen atoms in total. The van der Waals surface area contributed by atoms with E-state index in [1.807, 2.05) is 6.92 Å². The molecule has 0 aliphatic heterocycles. The zero-order chi connectivity index (χ0) is 11.0. The summed E-state index contributed by atoms with van der Waals surface area (Å²) in [6.45, 7) is 10.7. The van der Waals surface area contributed by atoms with Crippen LogP contribution in [0.15, 0.2) is 0 Å². The molecule has 0 aromatic heterocycles. The first-order valence-corrected chi connectivity index (χ1v) is 5.77. The van der Waals surface area contributed by atoms with Gasteiger partial charge in [0, 0.05) is 19.3 Å². The SMILES string of the molecule is CCOCCCCC(NC)C(C)(C)C. The van der Waals surface area contributed by atoms with Crippen LogP contribution in [0.5, 0.6) is 0 Å². The van der Waals surface area contributed by atoms with Crippen molar-refractivity contribution in [1.82, 2.24) is 5.32 Å². The average molecular weight is 201 g/mol. The molecular formula is C12H27NO. The second-order valence-electron chi connectivity index (χ2n) is 4.90. The molecule has 0 aromatic rings. The highest BCUT2D eigenvalue weighted by atomic mass is 16.5. The Morgan fingerprint density at radius 3 is 2.29 bits per heavy atom. The number of unbranched alkanes of at least 4 members (excludes halogenated alkanes) is 1. The summed E-state index contributed by atoms with van der Waals surface area (Å²) in [5.74, 6) is 0. The van der Waals surface area contributed by atoms with Crippen LogP contribution in [-0.2, 0) is 4.74 Å². The Hall–Kier alpha value is -0.0800. The van der Waals surface area contributed by atoms with Crippen LogP contribution in [0.25, 0.3) is 0 Å². The van der Waals surface area contributed by atoms with E-state index in [-0.39, 0.29) is 0 Å². The van der Waals surface area contributed by atoms with Gasteiger partial charge in [0.15, 0.2) is 0 Å². The fourth-order valence-corrected chi connectivity index (χ4v) is 1.71. The lowest BCUT2D eigenvalue weighted by Gasteiger charge is -2.30. The molecule has 1 atom stereocenters. The Balaban J connectivity index is 3.54. The van der Waals surface area contributed by atoms with Crippen LogP contribution < -0.4 is 5.32 Å². The van der Waals surface area contributed by atoms with Crippen molar-refractivity contribution in [1.29, 1.82) is 0 Å². The molecule has 0 heterocycles. The zero-order valence-electron chi connectivity index (χ0n) is 10.5. The molecule has 0 aliphatic rings. The third-order valence-corrected chi connectivity index (χ3v) is 2.63. The van der Waals surface area contributed by atoms with Crippen molar-refractivity contribution in [3.8, 4) is 0 Å². The molecule has 0 fully saturated rings. The predicted octanol–water partition coefficient (Wildman–Crippen LogP) is 2.83. The first-order valence-electron chi connectivity index (χ1n) is 5.77. The van der Waals surface area contributed by atoms with E-state index in [1.165, 1.54) is 19.3 Å². The minimum absolute atomic E-state index is 0.361. The molecule has 86 valence electrons. The lowest BCUT2D eigenvalue weighted by atomic mass is 9.84. The Morgan fingerprint density at radius 1 is 1.21 bits per heavy atom. The maximum atomic E-state index is 5.31. The zero-order valence-corrected chi connectivity index (χ0v) is 10.5. The van der Waals surface area contributed by atoms with Crippen molar-refractivity contribution in [3.05, 3.63) is 0 Å². The van der Waals surface area contributed by atoms with Crippen molar-refractivity contribution < 1.29 is 4.74 Å². The summed E-state index contributed by atoms with van der Waals surface area (Å²) in [7, 11) is 2.05. The van der Waals surface area contributed by atoms with E-state index >= 15 is 0 Å². The summed E-state index contributed by atoms with van der Waals surface area (Å²) in [5.41, 5.74) is 0.361. The van der Waals surface area contributed by atoms with Crippen molar-refractivity contribution >= 4 is 0 Å². The maximum Gasteiger partial charge on any atom is 0.0465 e. The molecule has 2 heteroatoms. The van der Waals surface area contributed by atoms with Crippen molar-refractivity contribution in [2.24, 2.45) is 5.41 Å². The summed E-state index contributed by atoms with van der Waals surface area (Å²) in [5, 5.41) is 3.39. The van der Waals surface area contributed by atoms with Gasteiger partial charge >= 0.3 is 0 Å². The van der Waals surface area contributed by atoms with Gasteiger partial charge < -0.3 is 10.1 Å². The highest BCUT2D eigenvalue weighted by Crippen LogP contribution is 2.22. The molecule has 1 N–H and O–H groups in total. The van der Waals surface area contributed by atoms with Crippen LogP contribution in [-0.4, -0.2) is 26.3 Å². The molecule has 1 unspecified atom stereocenters. The van der Waals surface area contributed by atoms with Crippen LogP contribution in [0.4, 0.5) is 0 Å². The number of rotatable bonds is 7. The van der Waals surface area contributed by atoms with E-state index in [2.05, 4.69) is 33.1 Å². The normalized spacial score (nSPS) is 14.4. The molecule has 0 bridgehead atoms. The van der Waals surface area contributed by atoms with Gasteiger partial charge in [-0.05, 0) is 38.6 Å². The lowest BCUT2D eigenvalue weighted by Crippen LogP contribution is -2.37. The van der Waals surface area contributed by atoms with E-state index in [0.717, 1.165) is 13.2 Å². The minimum atomic E-state index is 0.361. The average Bonchev–Trinajstić information content (AvgIpc) is 2.09. The monoisotopic (exact) mass is 201 g/mol. The van der Waals surface area contributed by atoms with Crippen LogP contribution in [0.2, 0.25) is 0 Å². The molecule has 0 aliphatic carbocycles. The van der Waals surface area contributed by atoms with Gasteiger partial charge in [-0.2, -0.15) is 0 Å². The fourth-order valence-electron chi connectivity index (χ4n) is 1.71. The predicted molar refractivity (Wildman–Crippen MR) is 62.6 cm³/mol. The highest BCUT2D eigenvalue weighted by Gasteiger charge is 2.21. The van der Waals surface area contributed by atoms with Gasteiger partial charge in [0.2, 0.25) is 0 Å². The Bertz CT molecular complexity index is 129. The summed E-state index contributed by atoms with van der Waals surface area (Å²) in [6, 6.07) is 0.615. The van der Waals surface area contributed by atoms with Gasteiger partial charge in [-0.25, -0.2) is 0 Å². The van der Waals surface area contributed by atoms with Crippen LogP contribution >= 0.6 is 0 Å². The smallest absolute Gasteiger partial charge is 0.0465 e. The maximum absolute atomic E-state index is 5.31. The third-order valence-electron chi connectivity index (χ3n) is 2.63. The second kappa shape index (κ2) is 7.24. The Kier molecular flexibility index (Phi) is 7.20. The Labute approximate surface area is 89.4 Å². The largest absolute Gasteiger partial charge is 0.382 e. The number of hydrogen-bond donors (Lipinski definition) is 1. The number of ether oxygens (including phenoxy) is 1. The van der Waals surface area contributed by atoms with Gasteiger partial charge in [0.25, 0.3) is 0 Å². The molecule has 14 heavy (non-hydrogen) atoms. The first kappa shape index (κ1) is 13.9. The van der Waals surface area contributed by atoms with Gasteiger partial charge in [0.05, 0.1) is 0 Å². The van der Waals surface area contributed by atoms with E-state index < -0.39 is 0 Å². The summed E-state index contributed by atoms with van der Waals surface area (Å²) < 4.78 is 5.31. The summed E-state index contributed by atoms with van der Waals surface area (Å²) >= 11 is 0. The van der Waals surface area contributed by atoms with Gasteiger partial charge in [0.1, 0.15) is 0 Å². The standard InChI is InChI=1S/C12H27NO/c1-6-14-10-8-7-9-11(13-5)12(2,3)4/h11,13H,6-10H2,1-5H3. The molecule has 0 amide bonds. The van der Waals surface area contributed by atoms with E-state index in [1.54, 1.807) is 0 Å². The lowest BCUT2D eigenvalue weighted by molar-refractivity contribution is 0.140. The Morgan fingerprint density at radius 2 is 1.86 bits per heavy atom. The quantitative estimate of drug-likeness (QED) is 0.640. The number of hydrogen-bond acceptors (Lipinski definition) is 2. The summed E-state index contributed by atoms with van der Waals surface area (Å²) in [4.78, 5) is 0. The third kappa shape index (κ3) is 6.39. The number of nitrogens with one attached hydrogen (secondary N) is 1. The van der Waals surface area contributed by atoms with Crippen LogP contribution in [0, 0.1) is 5.41 Å². The molecule has 0 aromatic carbocycles. The van der Waals surface area contributed by atoms with Crippen LogP contribution in [0.1, 0.15) is 47.0 Å². The van der Waals surface area contributed by atoms with E-state index in [0.29, 0.717) is 11.5 Å². The van der Waals surface area contributed by atoms with Crippen molar-refractivity contribution in [2.75, 3.05) is 20.3 Å². The van der Waals surface area contributed by atoms with Crippen LogP contribution in [0.3, 0.4) is 0 Å². The second-order valence-corrected chi connectivity index (χ2v) is 4.90. The first-order chi connectivity index (χ1) is 6.52. The molecule has 0 rings (SSSR count). The molecule has 0 saturated carbocycles. The van der Waals surface area contributed by atoms with E-state index in [4.69, 9.17) is 4.74 Å². The minimum Gasteiger partial charge on any atom is -0.382 e. The van der Waals surface area contributed by atoms with Crippen molar-refractivity contribution in [2.45, 2.75) is 53.0 Å². The highest BCUT2D eigenvalue weighted by molar-refractivity contribution is 4.78. The topological polar surface area (TPSA) is 21.3 Å². The molecule has 0 spiro atoms. The van der Waals surface area contributed by atoms with E-state index in [9.17, 15) is 0 Å². The molecule has 0 saturated heterocycles. The van der Waals surface area contributed by atoms with Gasteiger partial charge in [-0.15, -0.1) is 0 Å². The van der Waals surface area contributed by atoms with Crippen molar-refractivity contribution in [3.63, 3.8) is 0 Å². The molecular weight excluding hydrogens is 174 g/mol. The molecule has 0 radical (unpaired) electrons. The summed E-state index contributed by atoms with van der Waals surface area (Å²) in [6.07, 6.45) is 3.68.